The molecule has 0 atom stereocenters. The smallest absolute Gasteiger partial charge is 0.342 e. The number of carbonyl (C=O) groups is 2. The molecule has 0 radical (unpaired) electrons. The minimum absolute atomic E-state index is 0.0474. The number of amides is 1. The van der Waals surface area contributed by atoms with Crippen molar-refractivity contribution in [3.05, 3.63) is 59.7 Å². The first kappa shape index (κ1) is 16.5. The van der Waals surface area contributed by atoms with Crippen molar-refractivity contribution in [2.45, 2.75) is 13.8 Å². The van der Waals surface area contributed by atoms with Crippen LogP contribution in [-0.4, -0.2) is 30.1 Å². The van der Waals surface area contributed by atoms with E-state index in [1.807, 2.05) is 37.3 Å². The third-order valence-electron chi connectivity index (χ3n) is 3.39. The Bertz CT molecular complexity index is 697. The largest absolute Gasteiger partial charge is 0.507 e. The minimum Gasteiger partial charge on any atom is -0.507 e. The number of nitrogens with zero attached hydrogens (tertiary/aromatic N) is 1. The number of anilines is 1. The van der Waals surface area contributed by atoms with Gasteiger partial charge in [-0.15, -0.1) is 0 Å². The molecule has 0 saturated carbocycles. The van der Waals surface area contributed by atoms with E-state index in [-0.39, 0.29) is 23.8 Å². The van der Waals surface area contributed by atoms with Gasteiger partial charge in [0.1, 0.15) is 11.3 Å². The first-order chi connectivity index (χ1) is 11.0. The lowest BCUT2D eigenvalue weighted by molar-refractivity contribution is -0.121. The monoisotopic (exact) mass is 313 g/mol. The number of benzene rings is 2. The third-order valence-corrected chi connectivity index (χ3v) is 3.39. The van der Waals surface area contributed by atoms with Gasteiger partial charge in [0.05, 0.1) is 0 Å². The molecule has 0 heterocycles. The fourth-order valence-corrected chi connectivity index (χ4v) is 2.21. The number of aryl methyl sites for hydroxylation is 1. The van der Waals surface area contributed by atoms with Gasteiger partial charge in [-0.05, 0) is 43.7 Å². The van der Waals surface area contributed by atoms with Crippen molar-refractivity contribution in [2.24, 2.45) is 0 Å². The number of phenolic OH excluding ortho intramolecular Hbond substituents is 1. The highest BCUT2D eigenvalue weighted by atomic mass is 16.5. The van der Waals surface area contributed by atoms with Crippen molar-refractivity contribution in [1.29, 1.82) is 0 Å². The topological polar surface area (TPSA) is 66.8 Å². The van der Waals surface area contributed by atoms with Gasteiger partial charge in [-0.1, -0.05) is 24.3 Å². The van der Waals surface area contributed by atoms with Gasteiger partial charge in [0.15, 0.2) is 6.61 Å². The number of rotatable bonds is 5. The number of carbonyl (C=O) groups excluding carboxylic acids is 2. The van der Waals surface area contributed by atoms with Crippen LogP contribution in [0, 0.1) is 6.92 Å². The molecular weight excluding hydrogens is 294 g/mol. The summed E-state index contributed by atoms with van der Waals surface area (Å²) in [6.45, 7) is 3.74. The molecule has 1 N–H and O–H groups in total. The van der Waals surface area contributed by atoms with Crippen molar-refractivity contribution in [3.8, 4) is 5.75 Å². The van der Waals surface area contributed by atoms with Crippen molar-refractivity contribution in [3.63, 3.8) is 0 Å². The fraction of sp³-hybridized carbons (Fsp3) is 0.222. The van der Waals surface area contributed by atoms with Crippen LogP contribution in [0.2, 0.25) is 0 Å². The molecule has 23 heavy (non-hydrogen) atoms. The predicted octanol–water partition coefficient (Wildman–Crippen LogP) is 2.91. The Morgan fingerprint density at radius 3 is 2.43 bits per heavy atom. The van der Waals surface area contributed by atoms with E-state index in [0.717, 1.165) is 11.3 Å². The van der Waals surface area contributed by atoms with Gasteiger partial charge in [0.2, 0.25) is 0 Å². The van der Waals surface area contributed by atoms with E-state index in [9.17, 15) is 14.7 Å². The SMILES string of the molecule is CCN(C(=O)COC(=O)c1ccc(C)cc1O)c1ccccc1. The predicted molar refractivity (Wildman–Crippen MR) is 87.6 cm³/mol. The van der Waals surface area contributed by atoms with Crippen LogP contribution in [0.3, 0.4) is 0 Å². The molecule has 5 nitrogen and oxygen atoms in total. The molecule has 2 aromatic carbocycles. The maximum atomic E-state index is 12.2. The van der Waals surface area contributed by atoms with Gasteiger partial charge in [0, 0.05) is 12.2 Å². The van der Waals surface area contributed by atoms with Crippen LogP contribution in [0.1, 0.15) is 22.8 Å². The molecule has 0 saturated heterocycles. The van der Waals surface area contributed by atoms with E-state index in [1.165, 1.54) is 17.0 Å². The van der Waals surface area contributed by atoms with Gasteiger partial charge < -0.3 is 14.7 Å². The average Bonchev–Trinajstić information content (AvgIpc) is 2.54. The van der Waals surface area contributed by atoms with Crippen molar-refractivity contribution in [2.75, 3.05) is 18.1 Å². The Morgan fingerprint density at radius 1 is 1.13 bits per heavy atom. The van der Waals surface area contributed by atoms with Gasteiger partial charge in [0.25, 0.3) is 5.91 Å². The zero-order chi connectivity index (χ0) is 16.8. The second-order valence-electron chi connectivity index (χ2n) is 5.07. The zero-order valence-electron chi connectivity index (χ0n) is 13.2. The summed E-state index contributed by atoms with van der Waals surface area (Å²) >= 11 is 0. The Labute approximate surface area is 135 Å². The van der Waals surface area contributed by atoms with E-state index >= 15 is 0 Å². The van der Waals surface area contributed by atoms with Gasteiger partial charge in [-0.3, -0.25) is 4.79 Å². The highest BCUT2D eigenvalue weighted by molar-refractivity contribution is 5.98. The number of ether oxygens (including phenoxy) is 1. The number of aromatic hydroxyl groups is 1. The Kier molecular flexibility index (Phi) is 5.36. The zero-order valence-corrected chi connectivity index (χ0v) is 13.2. The van der Waals surface area contributed by atoms with E-state index in [1.54, 1.807) is 13.0 Å². The first-order valence-electron chi connectivity index (χ1n) is 7.35. The lowest BCUT2D eigenvalue weighted by atomic mass is 10.1. The summed E-state index contributed by atoms with van der Waals surface area (Å²) < 4.78 is 5.02. The van der Waals surface area contributed by atoms with E-state index < -0.39 is 5.97 Å². The summed E-state index contributed by atoms with van der Waals surface area (Å²) in [6.07, 6.45) is 0. The third kappa shape index (κ3) is 4.10. The van der Waals surface area contributed by atoms with Crippen LogP contribution in [0.4, 0.5) is 5.69 Å². The molecule has 2 rings (SSSR count). The summed E-state index contributed by atoms with van der Waals surface area (Å²) in [4.78, 5) is 25.7. The van der Waals surface area contributed by atoms with Crippen LogP contribution >= 0.6 is 0 Å². The van der Waals surface area contributed by atoms with Gasteiger partial charge >= 0.3 is 5.97 Å². The second kappa shape index (κ2) is 7.45. The van der Waals surface area contributed by atoms with Crippen molar-refractivity contribution in [1.82, 2.24) is 0 Å². The van der Waals surface area contributed by atoms with Crippen LogP contribution in [0.5, 0.6) is 5.75 Å². The molecule has 0 aliphatic heterocycles. The van der Waals surface area contributed by atoms with Crippen LogP contribution < -0.4 is 4.90 Å². The summed E-state index contributed by atoms with van der Waals surface area (Å²) in [5, 5.41) is 9.76. The molecular formula is C18H19NO4. The summed E-state index contributed by atoms with van der Waals surface area (Å²) in [5.74, 6) is -1.20. The summed E-state index contributed by atoms with van der Waals surface area (Å²) in [5.41, 5.74) is 1.62. The maximum Gasteiger partial charge on any atom is 0.342 e. The molecule has 2 aromatic rings. The molecule has 0 spiro atoms. The molecule has 0 aromatic heterocycles. The molecule has 0 aliphatic rings. The normalized spacial score (nSPS) is 10.2. The summed E-state index contributed by atoms with van der Waals surface area (Å²) in [7, 11) is 0. The Hall–Kier alpha value is -2.82. The molecule has 0 unspecified atom stereocenters. The van der Waals surface area contributed by atoms with E-state index in [4.69, 9.17) is 4.74 Å². The highest BCUT2D eigenvalue weighted by Gasteiger charge is 2.18. The highest BCUT2D eigenvalue weighted by Crippen LogP contribution is 2.19. The molecule has 1 amide bonds. The number of hydrogen-bond donors (Lipinski definition) is 1. The number of phenols is 1. The van der Waals surface area contributed by atoms with Crippen LogP contribution in [-0.2, 0) is 9.53 Å². The summed E-state index contributed by atoms with van der Waals surface area (Å²) in [6, 6.07) is 13.8. The van der Waals surface area contributed by atoms with Gasteiger partial charge in [-0.25, -0.2) is 4.79 Å². The molecule has 0 bridgehead atoms. The maximum absolute atomic E-state index is 12.2. The Morgan fingerprint density at radius 2 is 1.83 bits per heavy atom. The first-order valence-corrected chi connectivity index (χ1v) is 7.35. The number of hydrogen-bond acceptors (Lipinski definition) is 4. The number of likely N-dealkylation sites (N-methyl/N-ethyl adjacent to an activating group) is 1. The minimum atomic E-state index is -0.722. The number of para-hydroxylation sites is 1. The molecule has 120 valence electrons. The average molecular weight is 313 g/mol. The second-order valence-corrected chi connectivity index (χ2v) is 5.07. The quantitative estimate of drug-likeness (QED) is 0.862. The van der Waals surface area contributed by atoms with Crippen LogP contribution in [0.15, 0.2) is 48.5 Å². The Balaban J connectivity index is 2.01. The lowest BCUT2D eigenvalue weighted by Gasteiger charge is -2.20. The van der Waals surface area contributed by atoms with Crippen LogP contribution in [0.25, 0.3) is 0 Å². The molecule has 0 fully saturated rings. The van der Waals surface area contributed by atoms with Gasteiger partial charge in [-0.2, -0.15) is 0 Å². The van der Waals surface area contributed by atoms with Crippen molar-refractivity contribution >= 4 is 17.6 Å². The van der Waals surface area contributed by atoms with Crippen molar-refractivity contribution < 1.29 is 19.4 Å². The standard InChI is InChI=1S/C18H19NO4/c1-3-19(14-7-5-4-6-8-14)17(21)12-23-18(22)15-10-9-13(2)11-16(15)20/h4-11,20H,3,12H2,1-2H3. The molecule has 0 aliphatic carbocycles. The van der Waals surface area contributed by atoms with E-state index in [0.29, 0.717) is 6.54 Å². The lowest BCUT2D eigenvalue weighted by Crippen LogP contribution is -2.34. The van der Waals surface area contributed by atoms with E-state index in [2.05, 4.69) is 0 Å². The number of esters is 1. The fourth-order valence-electron chi connectivity index (χ4n) is 2.21. The molecule has 5 heteroatoms.